The van der Waals surface area contributed by atoms with Crippen molar-refractivity contribution in [2.75, 3.05) is 26.7 Å². The molecular formula is C28H35N3O8. The van der Waals surface area contributed by atoms with Crippen LogP contribution in [-0.2, 0) is 20.8 Å². The Labute approximate surface area is 225 Å². The highest BCUT2D eigenvalue weighted by Gasteiger charge is 2.63. The van der Waals surface area contributed by atoms with E-state index >= 15 is 0 Å². The van der Waals surface area contributed by atoms with Crippen molar-refractivity contribution in [3.8, 4) is 11.5 Å². The van der Waals surface area contributed by atoms with E-state index in [1.807, 2.05) is 0 Å². The molecule has 1 saturated heterocycles. The molecule has 0 aromatic heterocycles. The van der Waals surface area contributed by atoms with Crippen LogP contribution >= 0.6 is 0 Å². The van der Waals surface area contributed by atoms with Crippen LogP contribution in [0.15, 0.2) is 23.0 Å². The molecule has 0 bridgehead atoms. The lowest BCUT2D eigenvalue weighted by atomic mass is 9.57. The van der Waals surface area contributed by atoms with E-state index in [1.54, 1.807) is 13.0 Å². The van der Waals surface area contributed by atoms with Crippen molar-refractivity contribution in [1.82, 2.24) is 10.2 Å². The summed E-state index contributed by atoms with van der Waals surface area (Å²) in [7, 11) is 1.53. The zero-order valence-corrected chi connectivity index (χ0v) is 22.3. The van der Waals surface area contributed by atoms with E-state index in [2.05, 4.69) is 17.1 Å². The molecule has 2 fully saturated rings. The van der Waals surface area contributed by atoms with Gasteiger partial charge < -0.3 is 36.2 Å². The second-order valence-corrected chi connectivity index (χ2v) is 10.7. The number of primary amides is 1. The third-order valence-corrected chi connectivity index (χ3v) is 8.94. The molecule has 5 atom stereocenters. The Hall–Kier alpha value is -3.41. The fraction of sp³-hybridized carbons (Fsp3) is 0.536. The molecule has 11 heteroatoms. The summed E-state index contributed by atoms with van der Waals surface area (Å²) >= 11 is 0. The van der Waals surface area contributed by atoms with Gasteiger partial charge in [-0.3, -0.25) is 19.3 Å². The van der Waals surface area contributed by atoms with Crippen molar-refractivity contribution >= 4 is 23.2 Å². The lowest BCUT2D eigenvalue weighted by Gasteiger charge is -2.49. The third kappa shape index (κ3) is 3.70. The van der Waals surface area contributed by atoms with Crippen molar-refractivity contribution in [2.45, 2.75) is 57.2 Å². The van der Waals surface area contributed by atoms with E-state index in [0.29, 0.717) is 11.3 Å². The van der Waals surface area contributed by atoms with Crippen LogP contribution in [0.25, 0.3) is 5.76 Å². The summed E-state index contributed by atoms with van der Waals surface area (Å²) in [5.74, 6) is -6.21. The molecule has 1 amide bonds. The average molecular weight is 542 g/mol. The SMILES string of the molecule is CCN[C@@H]1C(=O)C(C(N)=O)=C(O)[C@@]2(O)C(=O)C3=C(O)c4c(O)cc([C@H]5CCCN5CC)c(OC)c4C[C@H]3C[C@@H]12. The molecule has 39 heavy (non-hydrogen) atoms. The molecule has 0 spiro atoms. The first-order chi connectivity index (χ1) is 18.5. The number of carbonyl (C=O) groups excluding carboxylic acids is 3. The van der Waals surface area contributed by atoms with Crippen LogP contribution < -0.4 is 15.8 Å². The molecule has 1 aromatic rings. The molecule has 4 aliphatic rings. The summed E-state index contributed by atoms with van der Waals surface area (Å²) in [5, 5.41) is 48.1. The predicted octanol–water partition coefficient (Wildman–Crippen LogP) is 1.18. The van der Waals surface area contributed by atoms with Crippen molar-refractivity contribution < 1.29 is 39.5 Å². The summed E-state index contributed by atoms with van der Waals surface area (Å²) in [5.41, 5.74) is 3.05. The molecule has 5 rings (SSSR count). The maximum atomic E-state index is 13.9. The molecule has 3 aliphatic carbocycles. The molecule has 0 radical (unpaired) electrons. The fourth-order valence-electron chi connectivity index (χ4n) is 7.25. The number of aliphatic hydroxyl groups is 3. The smallest absolute Gasteiger partial charge is 0.255 e. The number of nitrogens with zero attached hydrogens (tertiary/aromatic N) is 1. The Balaban J connectivity index is 1.70. The summed E-state index contributed by atoms with van der Waals surface area (Å²) in [6, 6.07) is 0.419. The standard InChI is InChI=1S/C28H35N3O8/c1-4-30-21-15-10-12-9-14-19(17(32)11-13(24(14)39-3)16-7-6-8-31(16)5-2)22(33)18(12)25(35)28(15,38)26(36)20(23(21)34)27(29)37/h11-12,15-16,21,30,32-33,36,38H,4-10H2,1-3H3,(H2,29,37)/t12-,15-,16+,21-,28-/m0/s1. The van der Waals surface area contributed by atoms with E-state index in [-0.39, 0.29) is 42.3 Å². The average Bonchev–Trinajstić information content (AvgIpc) is 3.37. The van der Waals surface area contributed by atoms with Crippen LogP contribution in [0.3, 0.4) is 0 Å². The number of likely N-dealkylation sites (N-methyl/N-ethyl adjacent to an activating group) is 1. The van der Waals surface area contributed by atoms with Gasteiger partial charge in [0.05, 0.1) is 18.7 Å². The number of methoxy groups -OCH3 is 1. The van der Waals surface area contributed by atoms with Gasteiger partial charge >= 0.3 is 0 Å². The number of carbonyl (C=O) groups is 3. The predicted molar refractivity (Wildman–Crippen MR) is 140 cm³/mol. The maximum Gasteiger partial charge on any atom is 0.255 e. The van der Waals surface area contributed by atoms with Gasteiger partial charge in [-0.25, -0.2) is 0 Å². The second-order valence-electron chi connectivity index (χ2n) is 10.7. The summed E-state index contributed by atoms with van der Waals surface area (Å²) in [4.78, 5) is 41.5. The summed E-state index contributed by atoms with van der Waals surface area (Å²) < 4.78 is 5.85. The van der Waals surface area contributed by atoms with Crippen LogP contribution in [0, 0.1) is 11.8 Å². The number of rotatable bonds is 6. The van der Waals surface area contributed by atoms with E-state index in [9.17, 15) is 34.8 Å². The minimum atomic E-state index is -2.66. The Bertz CT molecular complexity index is 1330. The van der Waals surface area contributed by atoms with Crippen molar-refractivity contribution in [1.29, 1.82) is 0 Å². The lowest BCUT2D eigenvalue weighted by molar-refractivity contribution is -0.150. The van der Waals surface area contributed by atoms with Crippen molar-refractivity contribution in [3.05, 3.63) is 39.7 Å². The zero-order valence-electron chi connectivity index (χ0n) is 22.3. The molecule has 1 heterocycles. The number of ether oxygens (including phenoxy) is 1. The first kappa shape index (κ1) is 27.2. The number of aromatic hydroxyl groups is 1. The summed E-state index contributed by atoms with van der Waals surface area (Å²) in [6.07, 6.45) is 2.10. The van der Waals surface area contributed by atoms with Crippen molar-refractivity contribution in [3.63, 3.8) is 0 Å². The van der Waals surface area contributed by atoms with Gasteiger partial charge in [0.1, 0.15) is 28.6 Å². The van der Waals surface area contributed by atoms with Gasteiger partial charge in [-0.15, -0.1) is 0 Å². The van der Waals surface area contributed by atoms with Gasteiger partial charge in [-0.1, -0.05) is 13.8 Å². The monoisotopic (exact) mass is 541 g/mol. The number of hydrogen-bond donors (Lipinski definition) is 6. The maximum absolute atomic E-state index is 13.9. The summed E-state index contributed by atoms with van der Waals surface area (Å²) in [6.45, 7) is 5.82. The Morgan fingerprint density at radius 1 is 1.26 bits per heavy atom. The lowest BCUT2D eigenvalue weighted by Crippen LogP contribution is -2.66. The number of fused-ring (bicyclic) bond motifs is 3. The molecule has 1 aliphatic heterocycles. The van der Waals surface area contributed by atoms with E-state index in [1.165, 1.54) is 7.11 Å². The number of phenolic OH excluding ortho intramolecular Hbond substituents is 1. The topological polar surface area (TPSA) is 183 Å². The number of ketones is 2. The first-order valence-electron chi connectivity index (χ1n) is 13.4. The molecule has 11 nitrogen and oxygen atoms in total. The number of nitrogens with two attached hydrogens (primary N) is 1. The van der Waals surface area contributed by atoms with Crippen LogP contribution in [0.2, 0.25) is 0 Å². The van der Waals surface area contributed by atoms with Crippen LogP contribution in [-0.4, -0.2) is 81.2 Å². The van der Waals surface area contributed by atoms with Crippen LogP contribution in [0.1, 0.15) is 55.8 Å². The first-order valence-corrected chi connectivity index (χ1v) is 13.4. The van der Waals surface area contributed by atoms with Gasteiger partial charge in [0.2, 0.25) is 5.78 Å². The van der Waals surface area contributed by atoms with Gasteiger partial charge in [0.15, 0.2) is 11.4 Å². The minimum Gasteiger partial charge on any atom is -0.508 e. The molecule has 7 N–H and O–H groups in total. The van der Waals surface area contributed by atoms with E-state index < -0.39 is 58.0 Å². The third-order valence-electron chi connectivity index (χ3n) is 8.94. The normalized spacial score (nSPS) is 30.8. The second kappa shape index (κ2) is 9.65. The number of likely N-dealkylation sites (tertiary alicyclic amines) is 1. The van der Waals surface area contributed by atoms with Crippen LogP contribution in [0.4, 0.5) is 0 Å². The number of hydrogen-bond acceptors (Lipinski definition) is 10. The quantitative estimate of drug-likeness (QED) is 0.286. The molecule has 210 valence electrons. The number of Topliss-reactive ketones (excluding diaryl/α,β-unsaturated/α-hetero) is 2. The van der Waals surface area contributed by atoms with Crippen molar-refractivity contribution in [2.24, 2.45) is 17.6 Å². The van der Waals surface area contributed by atoms with Crippen LogP contribution in [0.5, 0.6) is 11.5 Å². The Kier molecular flexibility index (Phi) is 6.72. The Morgan fingerprint density at radius 3 is 2.59 bits per heavy atom. The number of benzene rings is 1. The van der Waals surface area contributed by atoms with Gasteiger partial charge in [0, 0.05) is 28.7 Å². The molecule has 1 saturated carbocycles. The zero-order chi connectivity index (χ0) is 28.4. The number of phenols is 1. The highest BCUT2D eigenvalue weighted by molar-refractivity contribution is 6.24. The Morgan fingerprint density at radius 2 is 1.97 bits per heavy atom. The number of amides is 1. The van der Waals surface area contributed by atoms with E-state index in [0.717, 1.165) is 31.5 Å². The largest absolute Gasteiger partial charge is 0.508 e. The molecular weight excluding hydrogens is 506 g/mol. The fourth-order valence-corrected chi connectivity index (χ4v) is 7.25. The highest BCUT2D eigenvalue weighted by atomic mass is 16.5. The molecule has 1 aromatic carbocycles. The van der Waals surface area contributed by atoms with Gasteiger partial charge in [-0.05, 0) is 57.3 Å². The van der Waals surface area contributed by atoms with Gasteiger partial charge in [-0.2, -0.15) is 0 Å². The highest BCUT2D eigenvalue weighted by Crippen LogP contribution is 2.54. The number of aliphatic hydroxyl groups excluding tert-OH is 2. The molecule has 0 unspecified atom stereocenters. The van der Waals surface area contributed by atoms with E-state index in [4.69, 9.17) is 10.5 Å². The number of nitrogens with one attached hydrogen (secondary N) is 1. The van der Waals surface area contributed by atoms with Gasteiger partial charge in [0.25, 0.3) is 5.91 Å². The minimum absolute atomic E-state index is 0.0233.